The molecule has 1 aromatic carbocycles. The fourth-order valence-electron chi connectivity index (χ4n) is 2.34. The second kappa shape index (κ2) is 7.20. The third-order valence-electron chi connectivity index (χ3n) is 3.62. The number of benzene rings is 1. The maximum atomic E-state index is 11.4. The van der Waals surface area contributed by atoms with E-state index in [1.54, 1.807) is 0 Å². The summed E-state index contributed by atoms with van der Waals surface area (Å²) in [5.41, 5.74) is 2.55. The predicted octanol–water partition coefficient (Wildman–Crippen LogP) is 1.42. The molecular weight excluding hydrogens is 272 g/mol. The first-order valence-electron chi connectivity index (χ1n) is 7.30. The van der Waals surface area contributed by atoms with Gasteiger partial charge in [-0.25, -0.2) is 8.42 Å². The van der Waals surface area contributed by atoms with Crippen molar-refractivity contribution in [2.45, 2.75) is 26.4 Å². The van der Waals surface area contributed by atoms with Crippen LogP contribution in [0.1, 0.15) is 24.5 Å². The average Bonchev–Trinajstić information content (AvgIpc) is 2.43. The van der Waals surface area contributed by atoms with E-state index in [1.165, 1.54) is 11.1 Å². The fraction of sp³-hybridized carbons (Fsp3) is 0.600. The summed E-state index contributed by atoms with van der Waals surface area (Å²) >= 11 is 0. The van der Waals surface area contributed by atoms with E-state index in [4.69, 9.17) is 0 Å². The van der Waals surface area contributed by atoms with Crippen molar-refractivity contribution in [3.63, 3.8) is 0 Å². The van der Waals surface area contributed by atoms with Gasteiger partial charge >= 0.3 is 0 Å². The summed E-state index contributed by atoms with van der Waals surface area (Å²) in [6.45, 7) is 6.28. The number of sulfone groups is 1. The zero-order chi connectivity index (χ0) is 14.4. The van der Waals surface area contributed by atoms with Gasteiger partial charge in [-0.3, -0.25) is 4.90 Å². The fourth-order valence-corrected chi connectivity index (χ4v) is 3.62. The monoisotopic (exact) mass is 296 g/mol. The van der Waals surface area contributed by atoms with Crippen LogP contribution in [0.3, 0.4) is 0 Å². The molecular formula is C15H24N2O2S. The number of hydrogen-bond acceptors (Lipinski definition) is 4. The van der Waals surface area contributed by atoms with Gasteiger partial charge in [0.25, 0.3) is 0 Å². The quantitative estimate of drug-likeness (QED) is 0.807. The van der Waals surface area contributed by atoms with Gasteiger partial charge in [0.15, 0.2) is 9.84 Å². The maximum absolute atomic E-state index is 11.4. The molecule has 0 unspecified atom stereocenters. The largest absolute Gasteiger partial charge is 0.313 e. The Morgan fingerprint density at radius 3 is 2.30 bits per heavy atom. The normalized spacial score (nSPS) is 19.1. The number of rotatable bonds is 6. The van der Waals surface area contributed by atoms with Crippen molar-refractivity contribution in [2.24, 2.45) is 0 Å². The van der Waals surface area contributed by atoms with Crippen LogP contribution in [0.15, 0.2) is 24.3 Å². The first-order chi connectivity index (χ1) is 9.59. The van der Waals surface area contributed by atoms with Crippen LogP contribution >= 0.6 is 0 Å². The third kappa shape index (κ3) is 4.89. The molecule has 1 aliphatic heterocycles. The molecule has 1 aliphatic rings. The highest BCUT2D eigenvalue weighted by atomic mass is 32.2. The Morgan fingerprint density at radius 2 is 1.70 bits per heavy atom. The van der Waals surface area contributed by atoms with Gasteiger partial charge in [0.2, 0.25) is 0 Å². The highest BCUT2D eigenvalue weighted by Gasteiger charge is 2.21. The molecule has 4 nitrogen and oxygen atoms in total. The summed E-state index contributed by atoms with van der Waals surface area (Å²) in [6, 6.07) is 8.59. The second-order valence-corrected chi connectivity index (χ2v) is 7.72. The molecule has 2 rings (SSSR count). The van der Waals surface area contributed by atoms with Gasteiger partial charge in [-0.2, -0.15) is 0 Å². The molecule has 0 amide bonds. The zero-order valence-electron chi connectivity index (χ0n) is 12.1. The minimum Gasteiger partial charge on any atom is -0.313 e. The molecule has 0 atom stereocenters. The molecule has 1 N–H and O–H groups in total. The Kier molecular flexibility index (Phi) is 5.57. The Morgan fingerprint density at radius 1 is 1.10 bits per heavy atom. The lowest BCUT2D eigenvalue weighted by Gasteiger charge is -2.26. The zero-order valence-corrected chi connectivity index (χ0v) is 13.0. The van der Waals surface area contributed by atoms with Crippen molar-refractivity contribution in [1.29, 1.82) is 0 Å². The van der Waals surface area contributed by atoms with Gasteiger partial charge in [0.05, 0.1) is 11.5 Å². The molecule has 20 heavy (non-hydrogen) atoms. The molecule has 0 aromatic heterocycles. The van der Waals surface area contributed by atoms with Crippen LogP contribution in [0, 0.1) is 0 Å². The van der Waals surface area contributed by atoms with Crippen molar-refractivity contribution in [2.75, 3.05) is 31.1 Å². The lowest BCUT2D eigenvalue weighted by atomic mass is 10.1. The first kappa shape index (κ1) is 15.5. The smallest absolute Gasteiger partial charge is 0.152 e. The van der Waals surface area contributed by atoms with Crippen molar-refractivity contribution >= 4 is 9.84 Å². The Balaban J connectivity index is 1.82. The standard InChI is InChI=1S/C15H24N2O2S/c1-2-7-16-12-14-3-5-15(6-4-14)13-17-8-10-20(18,19)11-9-17/h3-6,16H,2,7-13H2,1H3. The molecule has 0 radical (unpaired) electrons. The molecule has 0 saturated carbocycles. The van der Waals surface area contributed by atoms with Crippen LogP contribution in [0.25, 0.3) is 0 Å². The van der Waals surface area contributed by atoms with Gasteiger partial charge < -0.3 is 5.32 Å². The van der Waals surface area contributed by atoms with Gasteiger partial charge in [0.1, 0.15) is 0 Å². The van der Waals surface area contributed by atoms with Crippen molar-refractivity contribution in [3.05, 3.63) is 35.4 Å². The number of nitrogens with zero attached hydrogens (tertiary/aromatic N) is 1. The van der Waals surface area contributed by atoms with Crippen molar-refractivity contribution in [3.8, 4) is 0 Å². The maximum Gasteiger partial charge on any atom is 0.152 e. The summed E-state index contributed by atoms with van der Waals surface area (Å²) < 4.78 is 22.8. The lowest BCUT2D eigenvalue weighted by molar-refractivity contribution is 0.287. The van der Waals surface area contributed by atoms with E-state index in [1.807, 2.05) is 0 Å². The van der Waals surface area contributed by atoms with Crippen LogP contribution < -0.4 is 5.32 Å². The molecule has 112 valence electrons. The van der Waals surface area contributed by atoms with Gasteiger partial charge in [0, 0.05) is 26.2 Å². The Bertz CT molecular complexity index is 497. The van der Waals surface area contributed by atoms with Crippen LogP contribution in [0.5, 0.6) is 0 Å². The lowest BCUT2D eigenvalue weighted by Crippen LogP contribution is -2.39. The first-order valence-corrected chi connectivity index (χ1v) is 9.12. The summed E-state index contributed by atoms with van der Waals surface area (Å²) in [5.74, 6) is 0.595. The van der Waals surface area contributed by atoms with E-state index in [0.717, 1.165) is 26.1 Å². The molecule has 1 aromatic rings. The van der Waals surface area contributed by atoms with E-state index < -0.39 is 9.84 Å². The summed E-state index contributed by atoms with van der Waals surface area (Å²) in [6.07, 6.45) is 1.15. The van der Waals surface area contributed by atoms with Crippen LogP contribution in [-0.2, 0) is 22.9 Å². The molecule has 1 heterocycles. The Hall–Kier alpha value is -0.910. The molecule has 5 heteroatoms. The van der Waals surface area contributed by atoms with Gasteiger partial charge in [-0.1, -0.05) is 31.2 Å². The Labute approximate surface area is 122 Å². The summed E-state index contributed by atoms with van der Waals surface area (Å²) in [4.78, 5) is 2.21. The van der Waals surface area contributed by atoms with Crippen LogP contribution in [-0.4, -0.2) is 44.5 Å². The minimum absolute atomic E-state index is 0.298. The predicted molar refractivity (Wildman–Crippen MR) is 82.4 cm³/mol. The van der Waals surface area contributed by atoms with E-state index in [0.29, 0.717) is 24.6 Å². The van der Waals surface area contributed by atoms with E-state index in [9.17, 15) is 8.42 Å². The summed E-state index contributed by atoms with van der Waals surface area (Å²) in [5, 5.41) is 3.38. The minimum atomic E-state index is -2.78. The highest BCUT2D eigenvalue weighted by Crippen LogP contribution is 2.11. The highest BCUT2D eigenvalue weighted by molar-refractivity contribution is 7.91. The van der Waals surface area contributed by atoms with Crippen LogP contribution in [0.4, 0.5) is 0 Å². The average molecular weight is 296 g/mol. The molecule has 1 saturated heterocycles. The van der Waals surface area contributed by atoms with Crippen molar-refractivity contribution < 1.29 is 8.42 Å². The molecule has 0 bridgehead atoms. The van der Waals surface area contributed by atoms with Crippen molar-refractivity contribution in [1.82, 2.24) is 10.2 Å². The molecule has 1 fully saturated rings. The van der Waals surface area contributed by atoms with Gasteiger partial charge in [-0.05, 0) is 24.1 Å². The molecule has 0 aliphatic carbocycles. The third-order valence-corrected chi connectivity index (χ3v) is 5.23. The van der Waals surface area contributed by atoms with E-state index in [2.05, 4.69) is 41.4 Å². The summed E-state index contributed by atoms with van der Waals surface area (Å²) in [7, 11) is -2.78. The second-order valence-electron chi connectivity index (χ2n) is 5.42. The number of hydrogen-bond donors (Lipinski definition) is 1. The van der Waals surface area contributed by atoms with E-state index >= 15 is 0 Å². The number of nitrogens with one attached hydrogen (secondary N) is 1. The van der Waals surface area contributed by atoms with E-state index in [-0.39, 0.29) is 0 Å². The van der Waals surface area contributed by atoms with Crippen LogP contribution in [0.2, 0.25) is 0 Å². The SMILES string of the molecule is CCCNCc1ccc(CN2CCS(=O)(=O)CC2)cc1. The molecule has 0 spiro atoms. The van der Waals surface area contributed by atoms with Gasteiger partial charge in [-0.15, -0.1) is 0 Å². The topological polar surface area (TPSA) is 49.4 Å².